The van der Waals surface area contributed by atoms with Gasteiger partial charge in [-0.15, -0.1) is 0 Å². The lowest BCUT2D eigenvalue weighted by Gasteiger charge is -2.06. The number of aromatic amines is 1. The summed E-state index contributed by atoms with van der Waals surface area (Å²) in [6.45, 7) is 2.81. The molecule has 1 N–H and O–H groups in total. The Bertz CT molecular complexity index is 684. The molecule has 2 aromatic rings. The number of nitrogens with zero attached hydrogens (tertiary/aromatic N) is 2. The highest BCUT2D eigenvalue weighted by Gasteiger charge is 2.05. The van der Waals surface area contributed by atoms with Gasteiger partial charge in [0.25, 0.3) is 0 Å². The molecule has 2 rings (SSSR count). The number of hydrogen-bond acceptors (Lipinski definition) is 4. The van der Waals surface area contributed by atoms with E-state index < -0.39 is 0 Å². The van der Waals surface area contributed by atoms with Crippen LogP contribution in [0, 0.1) is 16.1 Å². The number of fused-ring (bicyclic) bond motifs is 1. The summed E-state index contributed by atoms with van der Waals surface area (Å²) >= 11 is 5.34. The summed E-state index contributed by atoms with van der Waals surface area (Å²) in [5, 5.41) is 8.99. The second-order valence-electron chi connectivity index (χ2n) is 4.74. The van der Waals surface area contributed by atoms with Crippen molar-refractivity contribution in [3.8, 4) is 6.07 Å². The number of imidazole rings is 1. The number of aryl methyl sites for hydroxylation is 1. The molecule has 21 heavy (non-hydrogen) atoms. The standard InChI is InChI=1S/C15H19N3O2S/c1-19-8-9-20-7-3-2-6-18-14-10-12(11-16)4-5-13(14)17-15(18)21/h4-5,10H,2-3,6-9H2,1H3,(H,17,21). The van der Waals surface area contributed by atoms with Crippen LogP contribution in [0.1, 0.15) is 18.4 Å². The fourth-order valence-electron chi connectivity index (χ4n) is 2.16. The van der Waals surface area contributed by atoms with Gasteiger partial charge in [-0.3, -0.25) is 0 Å². The average Bonchev–Trinajstić information content (AvgIpc) is 2.81. The molecule has 0 unspecified atom stereocenters. The summed E-state index contributed by atoms with van der Waals surface area (Å²) in [6, 6.07) is 7.72. The quantitative estimate of drug-likeness (QED) is 0.601. The molecule has 1 heterocycles. The topological polar surface area (TPSA) is 63.0 Å². The van der Waals surface area contributed by atoms with Gasteiger partial charge in [-0.2, -0.15) is 5.26 Å². The lowest BCUT2D eigenvalue weighted by Crippen LogP contribution is -2.04. The van der Waals surface area contributed by atoms with E-state index in [2.05, 4.69) is 11.1 Å². The van der Waals surface area contributed by atoms with Crippen molar-refractivity contribution in [3.05, 3.63) is 28.5 Å². The van der Waals surface area contributed by atoms with Gasteiger partial charge in [0.05, 0.1) is 35.9 Å². The Morgan fingerprint density at radius 1 is 1.29 bits per heavy atom. The molecule has 0 aliphatic rings. The number of nitrogens with one attached hydrogen (secondary N) is 1. The van der Waals surface area contributed by atoms with E-state index in [1.807, 2.05) is 16.7 Å². The van der Waals surface area contributed by atoms with Gasteiger partial charge in [-0.1, -0.05) is 0 Å². The smallest absolute Gasteiger partial charge is 0.178 e. The molecule has 0 bridgehead atoms. The minimum absolute atomic E-state index is 0.629. The predicted molar refractivity (Wildman–Crippen MR) is 83.8 cm³/mol. The summed E-state index contributed by atoms with van der Waals surface area (Å²) in [4.78, 5) is 3.17. The molecule has 0 spiro atoms. The van der Waals surface area contributed by atoms with Crippen LogP contribution in [0.3, 0.4) is 0 Å². The molecule has 0 radical (unpaired) electrons. The molecule has 0 aliphatic heterocycles. The molecule has 0 atom stereocenters. The average molecular weight is 305 g/mol. The van der Waals surface area contributed by atoms with Crippen LogP contribution < -0.4 is 0 Å². The van der Waals surface area contributed by atoms with E-state index in [9.17, 15) is 0 Å². The molecular formula is C15H19N3O2S. The third-order valence-corrected chi connectivity index (χ3v) is 3.58. The second-order valence-corrected chi connectivity index (χ2v) is 5.12. The van der Waals surface area contributed by atoms with Crippen molar-refractivity contribution in [1.82, 2.24) is 9.55 Å². The minimum Gasteiger partial charge on any atom is -0.382 e. The maximum Gasteiger partial charge on any atom is 0.178 e. The molecular weight excluding hydrogens is 286 g/mol. The lowest BCUT2D eigenvalue weighted by atomic mass is 10.2. The summed E-state index contributed by atoms with van der Waals surface area (Å²) in [7, 11) is 1.66. The number of unbranched alkanes of at least 4 members (excludes halogenated alkanes) is 1. The number of nitriles is 1. The van der Waals surface area contributed by atoms with Crippen LogP contribution >= 0.6 is 12.2 Å². The van der Waals surface area contributed by atoms with Gasteiger partial charge in [0.1, 0.15) is 0 Å². The van der Waals surface area contributed by atoms with E-state index in [0.29, 0.717) is 23.5 Å². The SMILES string of the molecule is COCCOCCCCn1c(=S)[nH]c2ccc(C#N)cc21. The van der Waals surface area contributed by atoms with E-state index in [1.165, 1.54) is 0 Å². The van der Waals surface area contributed by atoms with Crippen LogP contribution in [0.5, 0.6) is 0 Å². The van der Waals surface area contributed by atoms with Crippen LogP contribution in [-0.4, -0.2) is 36.5 Å². The highest BCUT2D eigenvalue weighted by molar-refractivity contribution is 7.71. The Morgan fingerprint density at radius 3 is 2.90 bits per heavy atom. The third kappa shape index (κ3) is 4.14. The van der Waals surface area contributed by atoms with Crippen molar-refractivity contribution >= 4 is 23.3 Å². The number of hydrogen-bond donors (Lipinski definition) is 1. The minimum atomic E-state index is 0.629. The third-order valence-electron chi connectivity index (χ3n) is 3.26. The fraction of sp³-hybridized carbons (Fsp3) is 0.467. The summed E-state index contributed by atoms with van der Waals surface area (Å²) in [5.41, 5.74) is 2.60. The molecule has 0 fully saturated rings. The van der Waals surface area contributed by atoms with Crippen LogP contribution in [0.25, 0.3) is 11.0 Å². The summed E-state index contributed by atoms with van der Waals surface area (Å²) in [6.07, 6.45) is 1.95. The maximum atomic E-state index is 8.99. The van der Waals surface area contributed by atoms with Gasteiger partial charge in [-0.05, 0) is 43.3 Å². The van der Waals surface area contributed by atoms with Crippen LogP contribution in [0.4, 0.5) is 0 Å². The Kier molecular flexibility index (Phi) is 5.93. The van der Waals surface area contributed by atoms with Gasteiger partial charge in [0, 0.05) is 20.3 Å². The zero-order valence-corrected chi connectivity index (χ0v) is 12.9. The molecule has 0 aliphatic carbocycles. The first-order valence-corrected chi connectivity index (χ1v) is 7.36. The zero-order chi connectivity index (χ0) is 15.1. The Morgan fingerprint density at radius 2 is 2.14 bits per heavy atom. The molecule has 1 aromatic heterocycles. The monoisotopic (exact) mass is 305 g/mol. The number of ether oxygens (including phenoxy) is 2. The molecule has 0 saturated heterocycles. The number of methoxy groups -OCH3 is 1. The molecule has 0 amide bonds. The van der Waals surface area contributed by atoms with Crippen molar-refractivity contribution < 1.29 is 9.47 Å². The predicted octanol–water partition coefficient (Wildman–Crippen LogP) is 3.01. The maximum absolute atomic E-state index is 8.99. The highest BCUT2D eigenvalue weighted by atomic mass is 32.1. The summed E-state index contributed by atoms with van der Waals surface area (Å²) in [5.74, 6) is 0. The van der Waals surface area contributed by atoms with Gasteiger partial charge < -0.3 is 19.0 Å². The highest BCUT2D eigenvalue weighted by Crippen LogP contribution is 2.16. The van der Waals surface area contributed by atoms with E-state index in [-0.39, 0.29) is 0 Å². The van der Waals surface area contributed by atoms with E-state index >= 15 is 0 Å². The van der Waals surface area contributed by atoms with Crippen molar-refractivity contribution in [2.75, 3.05) is 26.9 Å². The zero-order valence-electron chi connectivity index (χ0n) is 12.1. The van der Waals surface area contributed by atoms with Crippen LogP contribution in [-0.2, 0) is 16.0 Å². The molecule has 5 nitrogen and oxygen atoms in total. The van der Waals surface area contributed by atoms with Gasteiger partial charge in [0.15, 0.2) is 4.77 Å². The molecule has 112 valence electrons. The van der Waals surface area contributed by atoms with Gasteiger partial charge >= 0.3 is 0 Å². The first kappa shape index (κ1) is 15.7. The number of H-pyrrole nitrogens is 1. The first-order chi connectivity index (χ1) is 10.3. The molecule has 1 aromatic carbocycles. The van der Waals surface area contributed by atoms with Crippen molar-refractivity contribution in [2.24, 2.45) is 0 Å². The molecule has 6 heteroatoms. The van der Waals surface area contributed by atoms with Crippen molar-refractivity contribution in [2.45, 2.75) is 19.4 Å². The second kappa shape index (κ2) is 7.93. The summed E-state index contributed by atoms with van der Waals surface area (Å²) < 4.78 is 13.1. The number of rotatable bonds is 8. The molecule has 0 saturated carbocycles. The van der Waals surface area contributed by atoms with E-state index in [4.69, 9.17) is 27.0 Å². The van der Waals surface area contributed by atoms with Gasteiger partial charge in [-0.25, -0.2) is 0 Å². The van der Waals surface area contributed by atoms with Crippen molar-refractivity contribution in [3.63, 3.8) is 0 Å². The largest absolute Gasteiger partial charge is 0.382 e. The van der Waals surface area contributed by atoms with Gasteiger partial charge in [0.2, 0.25) is 0 Å². The van der Waals surface area contributed by atoms with Crippen molar-refractivity contribution in [1.29, 1.82) is 5.26 Å². The first-order valence-electron chi connectivity index (χ1n) is 6.95. The Hall–Kier alpha value is -1.68. The van der Waals surface area contributed by atoms with Crippen LogP contribution in [0.2, 0.25) is 0 Å². The number of benzene rings is 1. The van der Waals surface area contributed by atoms with E-state index in [1.54, 1.807) is 13.2 Å². The Balaban J connectivity index is 1.94. The Labute approximate surface area is 129 Å². The van der Waals surface area contributed by atoms with Crippen LogP contribution in [0.15, 0.2) is 18.2 Å². The normalized spacial score (nSPS) is 10.9. The lowest BCUT2D eigenvalue weighted by molar-refractivity contribution is 0.0684. The fourth-order valence-corrected chi connectivity index (χ4v) is 2.46. The van der Waals surface area contributed by atoms with E-state index in [0.717, 1.165) is 37.0 Å². The number of aromatic nitrogens is 2.